The van der Waals surface area contributed by atoms with Gasteiger partial charge in [0.2, 0.25) is 5.88 Å². The van der Waals surface area contributed by atoms with Gasteiger partial charge in [-0.25, -0.2) is 9.37 Å². The van der Waals surface area contributed by atoms with Gasteiger partial charge in [-0.15, -0.1) is 0 Å². The lowest BCUT2D eigenvalue weighted by Crippen LogP contribution is -2.12. The minimum Gasteiger partial charge on any atom is -0.480 e. The van der Waals surface area contributed by atoms with Gasteiger partial charge in [-0.1, -0.05) is 23.4 Å². The zero-order valence-electron chi connectivity index (χ0n) is 11.4. The molecule has 2 aromatic rings. The zero-order chi connectivity index (χ0) is 15.1. The summed E-state index contributed by atoms with van der Waals surface area (Å²) >= 11 is 6.64. The third-order valence-electron chi connectivity index (χ3n) is 1.99. The molecule has 0 amide bonds. The Kier molecular flexibility index (Phi) is 2.30. The van der Waals surface area contributed by atoms with Crippen LogP contribution < -0.4 is 10.3 Å². The van der Waals surface area contributed by atoms with Crippen molar-refractivity contribution in [2.45, 2.75) is 5.16 Å². The van der Waals surface area contributed by atoms with Crippen LogP contribution in [0, 0.1) is 5.82 Å². The van der Waals surface area contributed by atoms with E-state index in [2.05, 4.69) is 19.7 Å². The first-order chi connectivity index (χ1) is 9.23. The van der Waals surface area contributed by atoms with Crippen molar-refractivity contribution in [3.8, 4) is 5.88 Å². The number of halogens is 2. The molecule has 0 aromatic carbocycles. The van der Waals surface area contributed by atoms with E-state index in [-0.39, 0.29) is 5.16 Å². The molecular formula is C9H7ClFN3O2S. The predicted octanol–water partition coefficient (Wildman–Crippen LogP) is 1.84. The van der Waals surface area contributed by atoms with E-state index in [1.807, 2.05) is 0 Å². The summed E-state index contributed by atoms with van der Waals surface area (Å²) in [6, 6.07) is 0. The molecule has 90 valence electrons. The molecule has 2 heterocycles. The molecule has 2 aromatic heterocycles. The van der Waals surface area contributed by atoms with E-state index >= 15 is 0 Å². The Balaban J connectivity index is 2.83. The summed E-state index contributed by atoms with van der Waals surface area (Å²) in [7, 11) is -2.86. The third-order valence-corrected chi connectivity index (χ3v) is 2.82. The maximum Gasteiger partial charge on any atom is 0.265 e. The molecular weight excluding hydrogens is 269 g/mol. The molecule has 0 spiro atoms. The van der Waals surface area contributed by atoms with Gasteiger partial charge in [0.05, 0.1) is 11.2 Å². The molecule has 0 aliphatic carbocycles. The highest BCUT2D eigenvalue weighted by molar-refractivity contribution is 7.98. The standard InChI is InChI=1S/C9H7ClFN3O2S/c1-16-8-3-5(4(11)6(10)13-8)12-9(17-2)14-7(3)15/h1-2H3,(H,12,14,15)/i1D3. The van der Waals surface area contributed by atoms with E-state index in [1.165, 1.54) is 0 Å². The Bertz CT molecular complexity index is 737. The number of hydrogen-bond donors (Lipinski definition) is 1. The Morgan fingerprint density at radius 2 is 2.35 bits per heavy atom. The van der Waals surface area contributed by atoms with Gasteiger partial charge in [-0.3, -0.25) is 4.79 Å². The normalized spacial score (nSPS) is 14.2. The van der Waals surface area contributed by atoms with Crippen LogP contribution in [0.15, 0.2) is 9.95 Å². The van der Waals surface area contributed by atoms with E-state index in [9.17, 15) is 9.18 Å². The van der Waals surface area contributed by atoms with Crippen molar-refractivity contribution in [3.63, 3.8) is 0 Å². The number of methoxy groups -OCH3 is 1. The average Bonchev–Trinajstić information content (AvgIpc) is 2.32. The van der Waals surface area contributed by atoms with Gasteiger partial charge >= 0.3 is 0 Å². The number of hydrogen-bond acceptors (Lipinski definition) is 5. The van der Waals surface area contributed by atoms with Crippen LogP contribution in [0.5, 0.6) is 5.88 Å². The van der Waals surface area contributed by atoms with Gasteiger partial charge in [0, 0.05) is 0 Å². The van der Waals surface area contributed by atoms with Crippen LogP contribution in [0.1, 0.15) is 4.11 Å². The predicted molar refractivity (Wildman–Crippen MR) is 63.5 cm³/mol. The largest absolute Gasteiger partial charge is 0.480 e. The number of rotatable bonds is 2. The van der Waals surface area contributed by atoms with Crippen molar-refractivity contribution in [2.75, 3.05) is 13.3 Å². The van der Waals surface area contributed by atoms with Gasteiger partial charge in [-0.05, 0) is 6.26 Å². The Morgan fingerprint density at radius 3 is 3.00 bits per heavy atom. The molecule has 0 fully saturated rings. The number of nitrogens with zero attached hydrogens (tertiary/aromatic N) is 2. The van der Waals surface area contributed by atoms with Crippen LogP contribution in [0.25, 0.3) is 10.9 Å². The molecule has 1 N–H and O–H groups in total. The summed E-state index contributed by atoms with van der Waals surface area (Å²) < 4.78 is 39.5. The van der Waals surface area contributed by atoms with Gasteiger partial charge in [-0.2, -0.15) is 4.98 Å². The summed E-state index contributed by atoms with van der Waals surface area (Å²) in [6.45, 7) is 0. The van der Waals surface area contributed by atoms with E-state index in [0.717, 1.165) is 11.8 Å². The molecule has 2 rings (SSSR count). The van der Waals surface area contributed by atoms with Gasteiger partial charge in [0.25, 0.3) is 5.56 Å². The van der Waals surface area contributed by atoms with Crippen LogP contribution in [0.4, 0.5) is 4.39 Å². The second-order valence-corrected chi connectivity index (χ2v) is 4.08. The summed E-state index contributed by atoms with van der Waals surface area (Å²) in [6.07, 6.45) is 1.63. The van der Waals surface area contributed by atoms with Gasteiger partial charge in [0.1, 0.15) is 10.9 Å². The summed E-state index contributed by atoms with van der Waals surface area (Å²) in [5, 5.41) is -0.869. The first kappa shape index (κ1) is 8.71. The number of pyridine rings is 1. The van der Waals surface area contributed by atoms with Crippen molar-refractivity contribution in [2.24, 2.45) is 0 Å². The van der Waals surface area contributed by atoms with Crippen molar-refractivity contribution in [1.29, 1.82) is 0 Å². The highest BCUT2D eigenvalue weighted by Crippen LogP contribution is 2.26. The molecule has 8 heteroatoms. The van der Waals surface area contributed by atoms with Gasteiger partial charge in [0.15, 0.2) is 16.1 Å². The van der Waals surface area contributed by atoms with E-state index in [1.54, 1.807) is 6.26 Å². The van der Waals surface area contributed by atoms with Crippen LogP contribution >= 0.6 is 23.4 Å². The fourth-order valence-corrected chi connectivity index (χ4v) is 1.82. The number of H-pyrrole nitrogens is 1. The maximum absolute atomic E-state index is 13.9. The molecule has 5 nitrogen and oxygen atoms in total. The fourth-order valence-electron chi connectivity index (χ4n) is 1.27. The minimum absolute atomic E-state index is 0.156. The van der Waals surface area contributed by atoms with E-state index < -0.39 is 40.4 Å². The lowest BCUT2D eigenvalue weighted by atomic mass is 10.3. The number of fused-ring (bicyclic) bond motifs is 1. The summed E-state index contributed by atoms with van der Waals surface area (Å²) in [5.41, 5.74) is -1.15. The molecule has 0 aliphatic rings. The fraction of sp³-hybridized carbons (Fsp3) is 0.222. The van der Waals surface area contributed by atoms with Crippen molar-refractivity contribution >= 4 is 34.3 Å². The van der Waals surface area contributed by atoms with Crippen molar-refractivity contribution in [1.82, 2.24) is 15.0 Å². The quantitative estimate of drug-likeness (QED) is 0.516. The molecule has 0 unspecified atom stereocenters. The highest BCUT2D eigenvalue weighted by Gasteiger charge is 2.18. The minimum atomic E-state index is -2.86. The maximum atomic E-state index is 13.9. The first-order valence-corrected chi connectivity index (χ1v) is 5.85. The van der Waals surface area contributed by atoms with Gasteiger partial charge < -0.3 is 9.72 Å². The molecule has 0 saturated heterocycles. The van der Waals surface area contributed by atoms with Crippen LogP contribution in [-0.2, 0) is 0 Å². The number of aromatic amines is 1. The van der Waals surface area contributed by atoms with Crippen molar-refractivity contribution in [3.05, 3.63) is 21.3 Å². The second-order valence-electron chi connectivity index (χ2n) is 2.92. The molecule has 0 bridgehead atoms. The summed E-state index contributed by atoms with van der Waals surface area (Å²) in [5.74, 6) is -1.60. The Hall–Kier alpha value is -1.34. The highest BCUT2D eigenvalue weighted by atomic mass is 35.5. The lowest BCUT2D eigenvalue weighted by Gasteiger charge is -2.06. The first-order valence-electron chi connectivity index (χ1n) is 5.75. The smallest absolute Gasteiger partial charge is 0.265 e. The number of nitrogens with one attached hydrogen (secondary N) is 1. The molecule has 0 saturated carbocycles. The molecule has 17 heavy (non-hydrogen) atoms. The topological polar surface area (TPSA) is 67.9 Å². The lowest BCUT2D eigenvalue weighted by molar-refractivity contribution is 0.401. The van der Waals surface area contributed by atoms with E-state index in [4.69, 9.17) is 15.7 Å². The average molecular weight is 279 g/mol. The number of ether oxygens (including phenoxy) is 1. The second kappa shape index (κ2) is 4.50. The number of thioether (sulfide) groups is 1. The monoisotopic (exact) mass is 278 g/mol. The van der Waals surface area contributed by atoms with Crippen molar-refractivity contribution < 1.29 is 13.2 Å². The van der Waals surface area contributed by atoms with Crippen LogP contribution in [-0.4, -0.2) is 28.2 Å². The zero-order valence-corrected chi connectivity index (χ0v) is 9.95. The van der Waals surface area contributed by atoms with Crippen LogP contribution in [0.3, 0.4) is 0 Å². The third kappa shape index (κ3) is 1.96. The van der Waals surface area contributed by atoms with Crippen LogP contribution in [0.2, 0.25) is 5.15 Å². The number of aromatic nitrogens is 3. The molecule has 0 radical (unpaired) electrons. The Labute approximate surface area is 109 Å². The van der Waals surface area contributed by atoms with E-state index in [0.29, 0.717) is 0 Å². The SMILES string of the molecule is [2H]C([2H])([2H])Oc1nc(Cl)c(F)c2nc(SC)[nH]c(=O)c12. The Morgan fingerprint density at radius 1 is 1.59 bits per heavy atom. The summed E-state index contributed by atoms with van der Waals surface area (Å²) in [4.78, 5) is 21.6. The molecule has 0 atom stereocenters. The molecule has 0 aliphatic heterocycles.